The van der Waals surface area contributed by atoms with Crippen LogP contribution in [0, 0.1) is 12.3 Å². The minimum atomic E-state index is -0.0471. The lowest BCUT2D eigenvalue weighted by molar-refractivity contribution is 0.535. The second kappa shape index (κ2) is 3.74. The molecule has 2 atom stereocenters. The fourth-order valence-electron chi connectivity index (χ4n) is 2.71. The Balaban J connectivity index is 2.25. The first kappa shape index (κ1) is 12.0. The third kappa shape index (κ3) is 1.74. The molecular formula is C15H19ClN2. The van der Waals surface area contributed by atoms with Gasteiger partial charge in [0.2, 0.25) is 0 Å². The Kier molecular flexibility index (Phi) is 2.50. The van der Waals surface area contributed by atoms with Gasteiger partial charge in [0.15, 0.2) is 0 Å². The van der Waals surface area contributed by atoms with Crippen LogP contribution in [0.15, 0.2) is 18.2 Å². The Morgan fingerprint density at radius 1 is 1.44 bits per heavy atom. The summed E-state index contributed by atoms with van der Waals surface area (Å²) in [6.07, 6.45) is 1.21. The number of aryl methyl sites for hydroxylation is 1. The zero-order chi connectivity index (χ0) is 13.1. The number of benzene rings is 1. The Hall–Kier alpha value is -1.02. The van der Waals surface area contributed by atoms with Crippen molar-refractivity contribution in [3.05, 3.63) is 29.6 Å². The molecule has 2 unspecified atom stereocenters. The third-order valence-corrected chi connectivity index (χ3v) is 4.20. The van der Waals surface area contributed by atoms with Crippen LogP contribution in [0.4, 0.5) is 0 Å². The minimum Gasteiger partial charge on any atom is -0.323 e. The van der Waals surface area contributed by atoms with Crippen molar-refractivity contribution in [2.75, 3.05) is 0 Å². The standard InChI is InChI=1S/C15H19ClN2/c1-9-5-6-11-12(7-9)18(13-8-15(13,3)4)14(17-11)10(2)16/h5-7,10,13H,8H2,1-4H3. The fraction of sp³-hybridized carbons (Fsp3) is 0.533. The van der Waals surface area contributed by atoms with Gasteiger partial charge >= 0.3 is 0 Å². The SMILES string of the molecule is Cc1ccc2nc(C(C)Cl)n(C3CC3(C)C)c2c1. The molecule has 18 heavy (non-hydrogen) atoms. The molecule has 2 nitrogen and oxygen atoms in total. The van der Waals surface area contributed by atoms with Crippen LogP contribution in [0.3, 0.4) is 0 Å². The molecule has 1 aromatic carbocycles. The molecule has 1 aromatic heterocycles. The number of rotatable bonds is 2. The molecule has 0 spiro atoms. The van der Waals surface area contributed by atoms with Gasteiger partial charge in [-0.15, -0.1) is 11.6 Å². The van der Waals surface area contributed by atoms with Gasteiger partial charge in [0.1, 0.15) is 5.82 Å². The summed E-state index contributed by atoms with van der Waals surface area (Å²) in [4.78, 5) is 4.71. The summed E-state index contributed by atoms with van der Waals surface area (Å²) in [6, 6.07) is 6.97. The molecular weight excluding hydrogens is 244 g/mol. The average Bonchev–Trinajstić information content (AvgIpc) is 2.74. The lowest BCUT2D eigenvalue weighted by atomic mass is 10.1. The highest BCUT2D eigenvalue weighted by molar-refractivity contribution is 6.20. The molecule has 96 valence electrons. The summed E-state index contributed by atoms with van der Waals surface area (Å²) in [6.45, 7) is 8.74. The largest absolute Gasteiger partial charge is 0.323 e. The number of aromatic nitrogens is 2. The zero-order valence-electron chi connectivity index (χ0n) is 11.4. The van der Waals surface area contributed by atoms with Gasteiger partial charge in [-0.3, -0.25) is 0 Å². The summed E-state index contributed by atoms with van der Waals surface area (Å²) in [5, 5.41) is -0.0471. The molecule has 3 rings (SSSR count). The predicted octanol–water partition coefficient (Wildman–Crippen LogP) is 4.62. The van der Waals surface area contributed by atoms with E-state index in [2.05, 4.69) is 43.5 Å². The number of hydrogen-bond donors (Lipinski definition) is 0. The molecule has 0 radical (unpaired) electrons. The van der Waals surface area contributed by atoms with Crippen LogP contribution in [-0.2, 0) is 0 Å². The van der Waals surface area contributed by atoms with Crippen LogP contribution >= 0.6 is 11.6 Å². The van der Waals surface area contributed by atoms with Crippen molar-refractivity contribution in [2.24, 2.45) is 5.41 Å². The molecule has 1 aliphatic rings. The van der Waals surface area contributed by atoms with Crippen LogP contribution in [0.2, 0.25) is 0 Å². The minimum absolute atomic E-state index is 0.0471. The second-order valence-corrected chi connectivity index (χ2v) is 6.81. The van der Waals surface area contributed by atoms with Crippen molar-refractivity contribution < 1.29 is 0 Å². The van der Waals surface area contributed by atoms with Crippen molar-refractivity contribution in [3.8, 4) is 0 Å². The van der Waals surface area contributed by atoms with Crippen molar-refractivity contribution in [3.63, 3.8) is 0 Å². The number of halogens is 1. The van der Waals surface area contributed by atoms with Crippen LogP contribution < -0.4 is 0 Å². The van der Waals surface area contributed by atoms with E-state index in [0.717, 1.165) is 11.3 Å². The Labute approximate surface area is 113 Å². The summed E-state index contributed by atoms with van der Waals surface area (Å²) in [5.74, 6) is 1.01. The average molecular weight is 263 g/mol. The summed E-state index contributed by atoms with van der Waals surface area (Å²) in [7, 11) is 0. The van der Waals surface area contributed by atoms with E-state index in [1.165, 1.54) is 17.5 Å². The van der Waals surface area contributed by atoms with Crippen molar-refractivity contribution in [1.82, 2.24) is 9.55 Å². The smallest absolute Gasteiger partial charge is 0.127 e. The molecule has 0 N–H and O–H groups in total. The molecule has 1 aliphatic carbocycles. The highest BCUT2D eigenvalue weighted by Gasteiger charge is 2.48. The van der Waals surface area contributed by atoms with Crippen LogP contribution in [0.25, 0.3) is 11.0 Å². The van der Waals surface area contributed by atoms with Crippen LogP contribution in [0.5, 0.6) is 0 Å². The third-order valence-electron chi connectivity index (χ3n) is 4.00. The number of nitrogens with zero attached hydrogens (tertiary/aromatic N) is 2. The van der Waals surface area contributed by atoms with Crippen LogP contribution in [-0.4, -0.2) is 9.55 Å². The Morgan fingerprint density at radius 3 is 2.67 bits per heavy atom. The maximum Gasteiger partial charge on any atom is 0.127 e. The number of imidazole rings is 1. The van der Waals surface area contributed by atoms with Crippen molar-refractivity contribution in [2.45, 2.75) is 45.5 Å². The van der Waals surface area contributed by atoms with Gasteiger partial charge in [0.05, 0.1) is 16.4 Å². The number of hydrogen-bond acceptors (Lipinski definition) is 1. The first-order valence-corrected chi connectivity index (χ1v) is 6.96. The molecule has 1 saturated carbocycles. The molecule has 1 heterocycles. The topological polar surface area (TPSA) is 17.8 Å². The second-order valence-electron chi connectivity index (χ2n) is 6.16. The van der Waals surface area contributed by atoms with Gasteiger partial charge in [-0.2, -0.15) is 0 Å². The zero-order valence-corrected chi connectivity index (χ0v) is 12.1. The molecule has 0 saturated heterocycles. The maximum atomic E-state index is 6.30. The molecule has 3 heteroatoms. The predicted molar refractivity (Wildman–Crippen MR) is 76.2 cm³/mol. The van der Waals surface area contributed by atoms with E-state index in [0.29, 0.717) is 11.5 Å². The maximum absolute atomic E-state index is 6.30. The summed E-state index contributed by atoms with van der Waals surface area (Å²) >= 11 is 6.30. The van der Waals surface area contributed by atoms with Gasteiger partial charge in [0.25, 0.3) is 0 Å². The van der Waals surface area contributed by atoms with E-state index in [4.69, 9.17) is 16.6 Å². The van der Waals surface area contributed by atoms with Crippen LogP contribution in [0.1, 0.15) is 50.0 Å². The summed E-state index contributed by atoms with van der Waals surface area (Å²) in [5.41, 5.74) is 3.94. The van der Waals surface area contributed by atoms with Crippen molar-refractivity contribution in [1.29, 1.82) is 0 Å². The number of fused-ring (bicyclic) bond motifs is 1. The van der Waals surface area contributed by atoms with Gasteiger partial charge in [0, 0.05) is 6.04 Å². The molecule has 0 aliphatic heterocycles. The van der Waals surface area contributed by atoms with E-state index >= 15 is 0 Å². The van der Waals surface area contributed by atoms with Gasteiger partial charge < -0.3 is 4.57 Å². The quantitative estimate of drug-likeness (QED) is 0.723. The normalized spacial score (nSPS) is 23.3. The van der Waals surface area contributed by atoms with E-state index in [1.54, 1.807) is 0 Å². The molecule has 0 bridgehead atoms. The fourth-order valence-corrected chi connectivity index (χ4v) is 2.86. The molecule has 2 aromatic rings. The van der Waals surface area contributed by atoms with Gasteiger partial charge in [-0.1, -0.05) is 19.9 Å². The lowest BCUT2D eigenvalue weighted by Gasteiger charge is -2.12. The highest BCUT2D eigenvalue weighted by Crippen LogP contribution is 2.57. The summed E-state index contributed by atoms with van der Waals surface area (Å²) < 4.78 is 2.36. The molecule has 0 amide bonds. The highest BCUT2D eigenvalue weighted by atomic mass is 35.5. The number of alkyl halides is 1. The van der Waals surface area contributed by atoms with E-state index in [1.807, 2.05) is 6.92 Å². The Bertz CT molecular complexity index is 610. The Morgan fingerprint density at radius 2 is 2.11 bits per heavy atom. The van der Waals surface area contributed by atoms with E-state index < -0.39 is 0 Å². The first-order valence-electron chi connectivity index (χ1n) is 6.53. The van der Waals surface area contributed by atoms with E-state index in [-0.39, 0.29) is 5.38 Å². The van der Waals surface area contributed by atoms with E-state index in [9.17, 15) is 0 Å². The monoisotopic (exact) mass is 262 g/mol. The first-order chi connectivity index (χ1) is 8.40. The molecule has 1 fully saturated rings. The lowest BCUT2D eigenvalue weighted by Crippen LogP contribution is -2.06. The van der Waals surface area contributed by atoms with Gasteiger partial charge in [-0.25, -0.2) is 4.98 Å². The van der Waals surface area contributed by atoms with Crippen molar-refractivity contribution >= 4 is 22.6 Å². The van der Waals surface area contributed by atoms with Gasteiger partial charge in [-0.05, 0) is 43.4 Å².